The fourth-order valence-corrected chi connectivity index (χ4v) is 2.95. The molecule has 0 aromatic heterocycles. The lowest BCUT2D eigenvalue weighted by molar-refractivity contribution is -0.132. The van der Waals surface area contributed by atoms with E-state index in [9.17, 15) is 9.18 Å². The lowest BCUT2D eigenvalue weighted by atomic mass is 10.1. The summed E-state index contributed by atoms with van der Waals surface area (Å²) in [5, 5.41) is 0. The molecule has 4 nitrogen and oxygen atoms in total. The number of carbonyl (C=O) groups is 1. The zero-order valence-electron chi connectivity index (χ0n) is 14.2. The fraction of sp³-hybridized carbons (Fsp3) is 0.350. The molecule has 1 aliphatic rings. The van der Waals surface area contributed by atoms with Crippen LogP contribution in [0.15, 0.2) is 54.6 Å². The fourth-order valence-electron chi connectivity index (χ4n) is 2.95. The van der Waals surface area contributed by atoms with Gasteiger partial charge >= 0.3 is 0 Å². The van der Waals surface area contributed by atoms with Crippen molar-refractivity contribution in [3.63, 3.8) is 0 Å². The van der Waals surface area contributed by atoms with Gasteiger partial charge in [-0.15, -0.1) is 0 Å². The average molecular weight is 342 g/mol. The Morgan fingerprint density at radius 1 is 0.960 bits per heavy atom. The molecule has 0 radical (unpaired) electrons. The van der Waals surface area contributed by atoms with Gasteiger partial charge in [0.2, 0.25) is 5.91 Å². The molecular weight excluding hydrogens is 319 g/mol. The lowest BCUT2D eigenvalue weighted by Gasteiger charge is -2.34. The Bertz CT molecular complexity index is 685. The van der Waals surface area contributed by atoms with Crippen LogP contribution in [0.25, 0.3) is 0 Å². The molecular formula is C20H23FN2O2. The standard InChI is InChI=1S/C20H23FN2O2/c21-19-9-5-4-6-17(19)16-20(24)23-12-10-22(11-13-23)14-15-25-18-7-2-1-3-8-18/h1-9H,10-16H2. The second kappa shape index (κ2) is 8.62. The number of piperazine rings is 1. The van der Waals surface area contributed by atoms with Crippen molar-refractivity contribution in [1.82, 2.24) is 9.80 Å². The van der Waals surface area contributed by atoms with Crippen LogP contribution in [-0.4, -0.2) is 55.0 Å². The van der Waals surface area contributed by atoms with Crippen LogP contribution in [0.3, 0.4) is 0 Å². The molecule has 1 amide bonds. The third-order valence-electron chi connectivity index (χ3n) is 4.44. The highest BCUT2D eigenvalue weighted by Gasteiger charge is 2.21. The smallest absolute Gasteiger partial charge is 0.227 e. The van der Waals surface area contributed by atoms with Gasteiger partial charge in [0.1, 0.15) is 18.2 Å². The van der Waals surface area contributed by atoms with Crippen molar-refractivity contribution in [3.05, 3.63) is 66.0 Å². The van der Waals surface area contributed by atoms with Crippen LogP contribution in [0, 0.1) is 5.82 Å². The van der Waals surface area contributed by atoms with Crippen molar-refractivity contribution in [1.29, 1.82) is 0 Å². The van der Waals surface area contributed by atoms with Crippen LogP contribution < -0.4 is 4.74 Å². The second-order valence-corrected chi connectivity index (χ2v) is 6.15. The summed E-state index contributed by atoms with van der Waals surface area (Å²) in [7, 11) is 0. The number of nitrogens with zero attached hydrogens (tertiary/aromatic N) is 2. The molecule has 1 fully saturated rings. The third-order valence-corrected chi connectivity index (χ3v) is 4.44. The maximum atomic E-state index is 13.7. The van der Waals surface area contributed by atoms with Gasteiger partial charge in [-0.1, -0.05) is 36.4 Å². The van der Waals surface area contributed by atoms with Crippen LogP contribution in [0.2, 0.25) is 0 Å². The number of hydrogen-bond donors (Lipinski definition) is 0. The number of ether oxygens (including phenoxy) is 1. The Balaban J connectivity index is 1.39. The van der Waals surface area contributed by atoms with E-state index in [1.54, 1.807) is 18.2 Å². The molecule has 5 heteroatoms. The van der Waals surface area contributed by atoms with Gasteiger partial charge in [-0.25, -0.2) is 4.39 Å². The van der Waals surface area contributed by atoms with E-state index in [0.29, 0.717) is 25.3 Å². The van der Waals surface area contributed by atoms with Gasteiger partial charge in [-0.2, -0.15) is 0 Å². The Morgan fingerprint density at radius 2 is 1.64 bits per heavy atom. The monoisotopic (exact) mass is 342 g/mol. The number of carbonyl (C=O) groups excluding carboxylic acids is 1. The number of halogens is 1. The number of hydrogen-bond acceptors (Lipinski definition) is 3. The van der Waals surface area contributed by atoms with Gasteiger partial charge in [0, 0.05) is 32.7 Å². The molecule has 0 spiro atoms. The Labute approximate surface area is 147 Å². The summed E-state index contributed by atoms with van der Waals surface area (Å²) in [5.74, 6) is 0.555. The van der Waals surface area contributed by atoms with Gasteiger partial charge in [-0.05, 0) is 23.8 Å². The van der Waals surface area contributed by atoms with Crippen molar-refractivity contribution in [2.45, 2.75) is 6.42 Å². The van der Waals surface area contributed by atoms with Crippen LogP contribution in [-0.2, 0) is 11.2 Å². The van der Waals surface area contributed by atoms with Crippen LogP contribution in [0.4, 0.5) is 4.39 Å². The molecule has 1 aliphatic heterocycles. The van der Waals surface area contributed by atoms with E-state index in [1.807, 2.05) is 35.2 Å². The van der Waals surface area contributed by atoms with Crippen molar-refractivity contribution in [2.75, 3.05) is 39.3 Å². The predicted octanol–water partition coefficient (Wildman–Crippen LogP) is 2.59. The predicted molar refractivity (Wildman–Crippen MR) is 95.1 cm³/mol. The minimum atomic E-state index is -0.312. The quantitative estimate of drug-likeness (QED) is 0.809. The molecule has 0 saturated carbocycles. The zero-order chi connectivity index (χ0) is 17.5. The van der Waals surface area contributed by atoms with E-state index in [1.165, 1.54) is 6.07 Å². The highest BCUT2D eigenvalue weighted by molar-refractivity contribution is 5.79. The molecule has 132 valence electrons. The third kappa shape index (κ3) is 5.03. The first-order valence-corrected chi connectivity index (χ1v) is 8.64. The summed E-state index contributed by atoms with van der Waals surface area (Å²) >= 11 is 0. The van der Waals surface area contributed by atoms with Crippen molar-refractivity contribution < 1.29 is 13.9 Å². The molecule has 0 bridgehead atoms. The molecule has 0 unspecified atom stereocenters. The number of para-hydroxylation sites is 1. The van der Waals surface area contributed by atoms with Crippen LogP contribution >= 0.6 is 0 Å². The summed E-state index contributed by atoms with van der Waals surface area (Å²) in [6, 6.07) is 16.2. The van der Waals surface area contributed by atoms with Gasteiger partial charge in [0.25, 0.3) is 0 Å². The van der Waals surface area contributed by atoms with E-state index < -0.39 is 0 Å². The zero-order valence-corrected chi connectivity index (χ0v) is 14.2. The maximum Gasteiger partial charge on any atom is 0.227 e. The molecule has 0 atom stereocenters. The molecule has 2 aromatic rings. The van der Waals surface area contributed by atoms with Gasteiger partial charge < -0.3 is 9.64 Å². The van der Waals surface area contributed by atoms with Crippen LogP contribution in [0.5, 0.6) is 5.75 Å². The van der Waals surface area contributed by atoms with Crippen molar-refractivity contribution >= 4 is 5.91 Å². The maximum absolute atomic E-state index is 13.7. The van der Waals surface area contributed by atoms with Gasteiger partial charge in [-0.3, -0.25) is 9.69 Å². The summed E-state index contributed by atoms with van der Waals surface area (Å²) in [6.45, 7) is 4.47. The van der Waals surface area contributed by atoms with E-state index in [4.69, 9.17) is 4.74 Å². The minimum absolute atomic E-state index is 0.00899. The van der Waals surface area contributed by atoms with E-state index in [2.05, 4.69) is 4.90 Å². The molecule has 25 heavy (non-hydrogen) atoms. The minimum Gasteiger partial charge on any atom is -0.492 e. The molecule has 0 aliphatic carbocycles. The highest BCUT2D eigenvalue weighted by atomic mass is 19.1. The summed E-state index contributed by atoms with van der Waals surface area (Å²) in [5.41, 5.74) is 0.464. The van der Waals surface area contributed by atoms with Crippen molar-refractivity contribution in [3.8, 4) is 5.75 Å². The van der Waals surface area contributed by atoms with Gasteiger partial charge in [0.15, 0.2) is 0 Å². The second-order valence-electron chi connectivity index (χ2n) is 6.15. The first-order valence-electron chi connectivity index (χ1n) is 8.64. The summed E-state index contributed by atoms with van der Waals surface area (Å²) < 4.78 is 19.4. The first kappa shape index (κ1) is 17.4. The number of amides is 1. The number of rotatable bonds is 6. The average Bonchev–Trinajstić information content (AvgIpc) is 2.65. The van der Waals surface area contributed by atoms with E-state index in [-0.39, 0.29) is 18.1 Å². The van der Waals surface area contributed by atoms with E-state index in [0.717, 1.165) is 25.4 Å². The van der Waals surface area contributed by atoms with Gasteiger partial charge in [0.05, 0.1) is 6.42 Å². The Kier molecular flexibility index (Phi) is 6.01. The normalized spacial score (nSPS) is 15.2. The Morgan fingerprint density at radius 3 is 2.36 bits per heavy atom. The van der Waals surface area contributed by atoms with E-state index >= 15 is 0 Å². The van der Waals surface area contributed by atoms with Crippen LogP contribution in [0.1, 0.15) is 5.56 Å². The highest BCUT2D eigenvalue weighted by Crippen LogP contribution is 2.11. The lowest BCUT2D eigenvalue weighted by Crippen LogP contribution is -2.50. The SMILES string of the molecule is O=C(Cc1ccccc1F)N1CCN(CCOc2ccccc2)CC1. The Hall–Kier alpha value is -2.40. The summed E-state index contributed by atoms with van der Waals surface area (Å²) in [4.78, 5) is 16.4. The molecule has 1 heterocycles. The molecule has 2 aromatic carbocycles. The first-order chi connectivity index (χ1) is 12.2. The van der Waals surface area contributed by atoms with Crippen molar-refractivity contribution in [2.24, 2.45) is 0 Å². The number of benzene rings is 2. The summed E-state index contributed by atoms with van der Waals surface area (Å²) in [6.07, 6.45) is 0.129. The molecule has 1 saturated heterocycles. The topological polar surface area (TPSA) is 32.8 Å². The largest absolute Gasteiger partial charge is 0.492 e. The molecule has 0 N–H and O–H groups in total. The molecule has 3 rings (SSSR count).